The van der Waals surface area contributed by atoms with Crippen LogP contribution in [0.5, 0.6) is 5.75 Å². The normalized spacial score (nSPS) is 13.4. The van der Waals surface area contributed by atoms with E-state index in [-0.39, 0.29) is 5.56 Å². The summed E-state index contributed by atoms with van der Waals surface area (Å²) >= 11 is 1.87. The maximum Gasteiger partial charge on any atom is 0.335 e. The van der Waals surface area contributed by atoms with Crippen LogP contribution in [0.1, 0.15) is 17.3 Å². The van der Waals surface area contributed by atoms with Crippen LogP contribution in [-0.4, -0.2) is 49.3 Å². The molecule has 1 heterocycles. The third-order valence-electron chi connectivity index (χ3n) is 5.42. The number of likely N-dealkylation sites (N-methyl/N-ethyl adjacent to an activating group) is 1. The van der Waals surface area contributed by atoms with Crippen molar-refractivity contribution >= 4 is 29.1 Å². The average Bonchev–Trinajstić information content (AvgIpc) is 2.73. The molecule has 1 aliphatic heterocycles. The van der Waals surface area contributed by atoms with Gasteiger partial charge in [0.2, 0.25) is 0 Å². The van der Waals surface area contributed by atoms with Gasteiger partial charge < -0.3 is 19.6 Å². The fraction of sp³-hybridized carbons (Fsp3) is 0.240. The molecule has 162 valence electrons. The molecule has 0 bridgehead atoms. The van der Waals surface area contributed by atoms with Crippen LogP contribution in [0.4, 0.5) is 11.4 Å². The molecule has 0 saturated heterocycles. The summed E-state index contributed by atoms with van der Waals surface area (Å²) in [5.41, 5.74) is 2.49. The summed E-state index contributed by atoms with van der Waals surface area (Å²) in [6, 6.07) is 23.5. The van der Waals surface area contributed by atoms with E-state index in [9.17, 15) is 9.90 Å². The largest absolute Gasteiger partial charge is 0.872 e. The lowest BCUT2D eigenvalue weighted by Gasteiger charge is -2.39. The summed E-state index contributed by atoms with van der Waals surface area (Å²) in [6.07, 6.45) is 0. The Morgan fingerprint density at radius 2 is 1.42 bits per heavy atom. The van der Waals surface area contributed by atoms with Gasteiger partial charge in [-0.3, -0.25) is 0 Å². The second kappa shape index (κ2) is 9.45. The number of quaternary nitrogens is 1. The minimum absolute atomic E-state index is 0.178. The van der Waals surface area contributed by atoms with E-state index < -0.39 is 11.7 Å². The van der Waals surface area contributed by atoms with Gasteiger partial charge in [-0.25, -0.2) is 4.79 Å². The zero-order chi connectivity index (χ0) is 22.6. The predicted molar refractivity (Wildman–Crippen MR) is 124 cm³/mol. The molecule has 0 spiro atoms. The number of benzene rings is 3. The van der Waals surface area contributed by atoms with Crippen LogP contribution in [0.25, 0.3) is 0 Å². The van der Waals surface area contributed by atoms with Crippen molar-refractivity contribution in [3.8, 4) is 5.75 Å². The minimum atomic E-state index is -1.18. The molecule has 0 aromatic heterocycles. The Morgan fingerprint density at radius 3 is 1.87 bits per heavy atom. The number of hydrogen-bond acceptors (Lipinski definition) is 4. The highest BCUT2D eigenvalue weighted by atomic mass is 32.2. The number of fused-ring (bicyclic) bond motifs is 2. The van der Waals surface area contributed by atoms with Crippen molar-refractivity contribution in [3.63, 3.8) is 0 Å². The van der Waals surface area contributed by atoms with Gasteiger partial charge in [-0.1, -0.05) is 60.0 Å². The average molecular weight is 437 g/mol. The number of rotatable bonds is 4. The Bertz CT molecular complexity index is 1020. The molecule has 0 aliphatic carbocycles. The van der Waals surface area contributed by atoms with Gasteiger partial charge in [0, 0.05) is 9.79 Å². The fourth-order valence-electron chi connectivity index (χ4n) is 3.13. The zero-order valence-corrected chi connectivity index (χ0v) is 19.1. The van der Waals surface area contributed by atoms with Crippen LogP contribution in [0.2, 0.25) is 0 Å². The predicted octanol–water partition coefficient (Wildman–Crippen LogP) is 4.84. The van der Waals surface area contributed by atoms with Crippen molar-refractivity contribution in [1.29, 1.82) is 0 Å². The van der Waals surface area contributed by atoms with Crippen LogP contribution in [-0.2, 0) is 0 Å². The highest BCUT2D eigenvalue weighted by Gasteiger charge is 2.28. The summed E-state index contributed by atoms with van der Waals surface area (Å²) in [5.74, 6) is -1.62. The SMILES string of the molecule is CC(CN1c2ccccc2Sc2ccccc21)[N+](C)(C)C.O=C(O)c1ccccc1[O-]. The lowest BCUT2D eigenvalue weighted by molar-refractivity contribution is -0.892. The van der Waals surface area contributed by atoms with Gasteiger partial charge in [0.05, 0.1) is 44.6 Å². The summed E-state index contributed by atoms with van der Waals surface area (Å²) in [6.45, 7) is 3.35. The highest BCUT2D eigenvalue weighted by molar-refractivity contribution is 7.99. The lowest BCUT2D eigenvalue weighted by Crippen LogP contribution is -2.49. The van der Waals surface area contributed by atoms with Gasteiger partial charge in [-0.2, -0.15) is 0 Å². The maximum absolute atomic E-state index is 10.7. The summed E-state index contributed by atoms with van der Waals surface area (Å²) < 4.78 is 0.966. The number of carboxylic acids is 1. The van der Waals surface area contributed by atoms with Crippen LogP contribution in [0.15, 0.2) is 82.6 Å². The van der Waals surface area contributed by atoms with E-state index in [1.54, 1.807) is 0 Å². The van der Waals surface area contributed by atoms with Crippen LogP contribution in [0.3, 0.4) is 0 Å². The third kappa shape index (κ3) is 5.40. The minimum Gasteiger partial charge on any atom is -0.872 e. The molecule has 1 atom stereocenters. The first kappa shape index (κ1) is 22.7. The number of nitrogens with zero attached hydrogens (tertiary/aromatic N) is 2. The van der Waals surface area contributed by atoms with Gasteiger partial charge in [0.15, 0.2) is 0 Å². The molecule has 3 aromatic rings. The highest BCUT2D eigenvalue weighted by Crippen LogP contribution is 2.47. The maximum atomic E-state index is 10.7. The Labute approximate surface area is 188 Å². The molecule has 1 unspecified atom stereocenters. The third-order valence-corrected chi connectivity index (χ3v) is 6.55. The van der Waals surface area contributed by atoms with E-state index in [1.807, 2.05) is 11.8 Å². The van der Waals surface area contributed by atoms with Crippen LogP contribution in [0, 0.1) is 0 Å². The van der Waals surface area contributed by atoms with E-state index in [0.29, 0.717) is 6.04 Å². The van der Waals surface area contributed by atoms with Gasteiger partial charge in [0.1, 0.15) is 6.04 Å². The van der Waals surface area contributed by atoms with Crippen molar-refractivity contribution in [2.24, 2.45) is 0 Å². The first-order valence-electron chi connectivity index (χ1n) is 10.1. The molecule has 6 heteroatoms. The summed E-state index contributed by atoms with van der Waals surface area (Å²) in [4.78, 5) is 15.4. The first-order valence-corrected chi connectivity index (χ1v) is 10.9. The monoisotopic (exact) mass is 436 g/mol. The van der Waals surface area contributed by atoms with Crippen LogP contribution < -0.4 is 10.0 Å². The van der Waals surface area contributed by atoms with Crippen molar-refractivity contribution in [2.75, 3.05) is 32.6 Å². The van der Waals surface area contributed by atoms with Crippen LogP contribution >= 0.6 is 11.8 Å². The summed E-state index contributed by atoms with van der Waals surface area (Å²) in [5, 5.41) is 19.0. The quantitative estimate of drug-likeness (QED) is 0.593. The Balaban J connectivity index is 0.000000229. The fourth-order valence-corrected chi connectivity index (χ4v) is 4.23. The molecule has 0 amide bonds. The van der Waals surface area contributed by atoms with Gasteiger partial charge in [-0.05, 0) is 37.3 Å². The molecular formula is C25H28N2O3S. The number of para-hydroxylation sites is 3. The molecule has 1 aliphatic rings. The number of hydrogen-bond donors (Lipinski definition) is 1. The number of anilines is 2. The Morgan fingerprint density at radius 1 is 0.935 bits per heavy atom. The number of aromatic carboxylic acids is 1. The molecule has 5 nitrogen and oxygen atoms in total. The lowest BCUT2D eigenvalue weighted by atomic mass is 10.1. The number of carboxylic acid groups (broad SMARTS) is 1. The van der Waals surface area contributed by atoms with E-state index in [4.69, 9.17) is 5.11 Å². The van der Waals surface area contributed by atoms with Gasteiger partial charge >= 0.3 is 5.97 Å². The second-order valence-corrected chi connectivity index (χ2v) is 9.50. The summed E-state index contributed by atoms with van der Waals surface area (Å²) in [7, 11) is 6.80. The van der Waals surface area contributed by atoms with E-state index in [1.165, 1.54) is 45.4 Å². The van der Waals surface area contributed by atoms with Gasteiger partial charge in [0.25, 0.3) is 0 Å². The molecule has 0 radical (unpaired) electrons. The van der Waals surface area contributed by atoms with E-state index >= 15 is 0 Å². The number of carbonyl (C=O) groups is 1. The standard InChI is InChI=1S/C18H23N2S.C7H6O3/c1-14(20(2,3)4)13-19-15-9-5-7-11-17(15)21-18-12-8-6-10-16(18)19;8-6-4-2-1-3-5(6)7(9)10/h5-12,14H,13H2,1-4H3;1-4,8H,(H,9,10)/q+1;/p-1. The molecule has 0 saturated carbocycles. The Hall–Kier alpha value is -2.96. The molecule has 31 heavy (non-hydrogen) atoms. The zero-order valence-electron chi connectivity index (χ0n) is 18.3. The topological polar surface area (TPSA) is 63.6 Å². The van der Waals surface area contributed by atoms with Crippen molar-refractivity contribution in [1.82, 2.24) is 0 Å². The van der Waals surface area contributed by atoms with Crippen molar-refractivity contribution < 1.29 is 19.5 Å². The smallest absolute Gasteiger partial charge is 0.335 e. The molecule has 1 N–H and O–H groups in total. The Kier molecular flexibility index (Phi) is 6.93. The molecular weight excluding hydrogens is 408 g/mol. The molecule has 3 aromatic carbocycles. The second-order valence-electron chi connectivity index (χ2n) is 8.41. The van der Waals surface area contributed by atoms with Gasteiger partial charge in [-0.15, -0.1) is 0 Å². The van der Waals surface area contributed by atoms with E-state index in [2.05, 4.69) is 81.5 Å². The van der Waals surface area contributed by atoms with Crippen molar-refractivity contribution in [2.45, 2.75) is 22.8 Å². The first-order chi connectivity index (χ1) is 14.7. The van der Waals surface area contributed by atoms with E-state index in [0.717, 1.165) is 11.0 Å². The van der Waals surface area contributed by atoms with Crippen molar-refractivity contribution in [3.05, 3.63) is 78.4 Å². The molecule has 4 rings (SSSR count). The molecule has 0 fully saturated rings.